The van der Waals surface area contributed by atoms with Crippen molar-refractivity contribution in [2.75, 3.05) is 31.1 Å². The van der Waals surface area contributed by atoms with E-state index in [4.69, 9.17) is 17.3 Å². The number of carbonyl (C=O) groups excluding carboxylic acids is 1. The normalized spacial score (nSPS) is 15.9. The van der Waals surface area contributed by atoms with Crippen molar-refractivity contribution in [3.05, 3.63) is 28.8 Å². The van der Waals surface area contributed by atoms with Crippen molar-refractivity contribution in [3.8, 4) is 0 Å². The Bertz CT molecular complexity index is 442. The van der Waals surface area contributed by atoms with Gasteiger partial charge in [0, 0.05) is 50.4 Å². The molecular weight excluding hydrogens is 250 g/mol. The van der Waals surface area contributed by atoms with Crippen LogP contribution in [-0.2, 0) is 11.3 Å². The van der Waals surface area contributed by atoms with Gasteiger partial charge >= 0.3 is 0 Å². The van der Waals surface area contributed by atoms with Crippen LogP contribution in [0.2, 0.25) is 5.02 Å². The lowest BCUT2D eigenvalue weighted by atomic mass is 10.1. The largest absolute Gasteiger partial charge is 0.368 e. The van der Waals surface area contributed by atoms with Gasteiger partial charge in [-0.1, -0.05) is 17.7 Å². The number of hydrogen-bond acceptors (Lipinski definition) is 3. The molecule has 98 valence electrons. The number of amides is 1. The summed E-state index contributed by atoms with van der Waals surface area (Å²) >= 11 is 6.16. The van der Waals surface area contributed by atoms with E-state index >= 15 is 0 Å². The van der Waals surface area contributed by atoms with E-state index in [1.54, 1.807) is 6.92 Å². The molecule has 2 N–H and O–H groups in total. The summed E-state index contributed by atoms with van der Waals surface area (Å²) in [4.78, 5) is 15.4. The lowest BCUT2D eigenvalue weighted by molar-refractivity contribution is -0.129. The van der Waals surface area contributed by atoms with Crippen LogP contribution in [-0.4, -0.2) is 37.0 Å². The second kappa shape index (κ2) is 5.59. The molecular formula is C13H18ClN3O. The summed E-state index contributed by atoms with van der Waals surface area (Å²) in [7, 11) is 0. The van der Waals surface area contributed by atoms with E-state index in [2.05, 4.69) is 4.90 Å². The molecule has 0 radical (unpaired) electrons. The average Bonchev–Trinajstić information content (AvgIpc) is 2.38. The third kappa shape index (κ3) is 2.76. The maximum Gasteiger partial charge on any atom is 0.219 e. The van der Waals surface area contributed by atoms with Crippen molar-refractivity contribution in [1.82, 2.24) is 4.90 Å². The predicted octanol–water partition coefficient (Wildman–Crippen LogP) is 1.47. The molecule has 0 bridgehead atoms. The minimum absolute atomic E-state index is 0.145. The monoisotopic (exact) mass is 267 g/mol. The smallest absolute Gasteiger partial charge is 0.219 e. The summed E-state index contributed by atoms with van der Waals surface area (Å²) in [6.45, 7) is 5.30. The Morgan fingerprint density at radius 1 is 1.33 bits per heavy atom. The molecule has 1 saturated heterocycles. The van der Waals surface area contributed by atoms with Crippen molar-refractivity contribution in [3.63, 3.8) is 0 Å². The van der Waals surface area contributed by atoms with Crippen molar-refractivity contribution in [1.29, 1.82) is 0 Å². The Hall–Kier alpha value is -1.26. The van der Waals surface area contributed by atoms with E-state index in [1.807, 2.05) is 23.1 Å². The third-order valence-corrected chi connectivity index (χ3v) is 3.70. The molecule has 0 aliphatic carbocycles. The first-order chi connectivity index (χ1) is 8.61. The zero-order chi connectivity index (χ0) is 13.1. The van der Waals surface area contributed by atoms with Gasteiger partial charge in [-0.25, -0.2) is 0 Å². The highest BCUT2D eigenvalue weighted by Crippen LogP contribution is 2.24. The number of nitrogens with zero attached hydrogens (tertiary/aromatic N) is 2. The molecule has 1 aliphatic rings. The van der Waals surface area contributed by atoms with Crippen LogP contribution in [0.15, 0.2) is 18.2 Å². The number of piperazine rings is 1. The number of hydrogen-bond donors (Lipinski definition) is 1. The lowest BCUT2D eigenvalue weighted by Gasteiger charge is -2.35. The van der Waals surface area contributed by atoms with E-state index < -0.39 is 0 Å². The molecule has 0 spiro atoms. The van der Waals surface area contributed by atoms with Gasteiger partial charge in [0.1, 0.15) is 0 Å². The highest BCUT2D eigenvalue weighted by atomic mass is 35.5. The second-order valence-corrected chi connectivity index (χ2v) is 4.88. The average molecular weight is 268 g/mol. The van der Waals surface area contributed by atoms with Gasteiger partial charge in [-0.15, -0.1) is 0 Å². The van der Waals surface area contributed by atoms with Crippen molar-refractivity contribution in [2.24, 2.45) is 5.73 Å². The van der Waals surface area contributed by atoms with Crippen LogP contribution in [0.5, 0.6) is 0 Å². The Morgan fingerprint density at radius 3 is 2.50 bits per heavy atom. The molecule has 0 atom stereocenters. The van der Waals surface area contributed by atoms with E-state index in [1.165, 1.54) is 0 Å². The maximum absolute atomic E-state index is 11.3. The first kappa shape index (κ1) is 13.2. The quantitative estimate of drug-likeness (QED) is 0.883. The molecule has 4 nitrogen and oxygen atoms in total. The number of halogens is 1. The fourth-order valence-corrected chi connectivity index (χ4v) is 2.43. The highest BCUT2D eigenvalue weighted by Gasteiger charge is 2.19. The van der Waals surface area contributed by atoms with Crippen LogP contribution in [0.4, 0.5) is 5.69 Å². The first-order valence-corrected chi connectivity index (χ1v) is 6.48. The van der Waals surface area contributed by atoms with Crippen LogP contribution in [0.1, 0.15) is 12.5 Å². The molecule has 1 aromatic carbocycles. The van der Waals surface area contributed by atoms with Gasteiger partial charge in [-0.05, 0) is 17.7 Å². The van der Waals surface area contributed by atoms with Gasteiger partial charge in [0.2, 0.25) is 5.91 Å². The summed E-state index contributed by atoms with van der Waals surface area (Å²) in [5, 5.41) is 0.712. The number of benzene rings is 1. The summed E-state index contributed by atoms with van der Waals surface area (Å²) in [5.41, 5.74) is 7.65. The molecule has 1 aliphatic heterocycles. The SMILES string of the molecule is CC(=O)N1CCN(c2ccc(CN)c(Cl)c2)CC1. The van der Waals surface area contributed by atoms with Crippen molar-refractivity contribution in [2.45, 2.75) is 13.5 Å². The van der Waals surface area contributed by atoms with E-state index in [0.29, 0.717) is 11.6 Å². The van der Waals surface area contributed by atoms with Gasteiger partial charge in [-0.2, -0.15) is 0 Å². The Morgan fingerprint density at radius 2 is 2.00 bits per heavy atom. The molecule has 1 heterocycles. The molecule has 5 heteroatoms. The third-order valence-electron chi connectivity index (χ3n) is 3.35. The minimum atomic E-state index is 0.145. The molecule has 1 amide bonds. The molecule has 18 heavy (non-hydrogen) atoms. The summed E-state index contributed by atoms with van der Waals surface area (Å²) < 4.78 is 0. The Kier molecular flexibility index (Phi) is 4.09. The van der Waals surface area contributed by atoms with E-state index in [9.17, 15) is 4.79 Å². The molecule has 0 unspecified atom stereocenters. The Labute approximate surface area is 112 Å². The zero-order valence-corrected chi connectivity index (χ0v) is 11.3. The highest BCUT2D eigenvalue weighted by molar-refractivity contribution is 6.31. The Balaban J connectivity index is 2.05. The molecule has 1 fully saturated rings. The van der Waals surface area contributed by atoms with E-state index in [-0.39, 0.29) is 5.91 Å². The van der Waals surface area contributed by atoms with Crippen LogP contribution >= 0.6 is 11.6 Å². The van der Waals surface area contributed by atoms with Crippen LogP contribution in [0.25, 0.3) is 0 Å². The lowest BCUT2D eigenvalue weighted by Crippen LogP contribution is -2.48. The molecule has 0 saturated carbocycles. The fraction of sp³-hybridized carbons (Fsp3) is 0.462. The fourth-order valence-electron chi connectivity index (χ4n) is 2.18. The minimum Gasteiger partial charge on any atom is -0.368 e. The molecule has 1 aromatic rings. The van der Waals surface area contributed by atoms with Gasteiger partial charge in [-0.3, -0.25) is 4.79 Å². The predicted molar refractivity (Wildman–Crippen MR) is 73.8 cm³/mol. The van der Waals surface area contributed by atoms with Gasteiger partial charge in [0.05, 0.1) is 0 Å². The van der Waals surface area contributed by atoms with Crippen LogP contribution < -0.4 is 10.6 Å². The summed E-state index contributed by atoms with van der Waals surface area (Å²) in [6.07, 6.45) is 0. The maximum atomic E-state index is 11.3. The van der Waals surface area contributed by atoms with Crippen molar-refractivity contribution >= 4 is 23.2 Å². The first-order valence-electron chi connectivity index (χ1n) is 6.11. The number of anilines is 1. The van der Waals surface area contributed by atoms with Gasteiger partial charge in [0.25, 0.3) is 0 Å². The topological polar surface area (TPSA) is 49.6 Å². The standard InChI is InChI=1S/C13H18ClN3O/c1-10(18)16-4-6-17(7-5-16)12-3-2-11(9-15)13(14)8-12/h2-3,8H,4-7,9,15H2,1H3. The summed E-state index contributed by atoms with van der Waals surface area (Å²) in [5.74, 6) is 0.145. The van der Waals surface area contributed by atoms with Gasteiger partial charge in [0.15, 0.2) is 0 Å². The van der Waals surface area contributed by atoms with Crippen LogP contribution in [0, 0.1) is 0 Å². The van der Waals surface area contributed by atoms with Crippen molar-refractivity contribution < 1.29 is 4.79 Å². The number of rotatable bonds is 2. The second-order valence-electron chi connectivity index (χ2n) is 4.47. The summed E-state index contributed by atoms with van der Waals surface area (Å²) in [6, 6.07) is 5.96. The number of nitrogens with two attached hydrogens (primary N) is 1. The van der Waals surface area contributed by atoms with E-state index in [0.717, 1.165) is 37.4 Å². The molecule has 2 rings (SSSR count). The van der Waals surface area contributed by atoms with Gasteiger partial charge < -0.3 is 15.5 Å². The molecule has 0 aromatic heterocycles. The van der Waals surface area contributed by atoms with Crippen LogP contribution in [0.3, 0.4) is 0 Å². The zero-order valence-electron chi connectivity index (χ0n) is 10.5. The number of carbonyl (C=O) groups is 1.